The van der Waals surface area contributed by atoms with E-state index in [1.54, 1.807) is 47.4 Å². The lowest BCUT2D eigenvalue weighted by molar-refractivity contribution is -0.121. The number of aromatic hydroxyl groups is 1. The van der Waals surface area contributed by atoms with Crippen molar-refractivity contribution in [3.63, 3.8) is 0 Å². The summed E-state index contributed by atoms with van der Waals surface area (Å²) in [5.74, 6) is -0.858. The number of para-hydroxylation sites is 2. The highest BCUT2D eigenvalue weighted by Crippen LogP contribution is 2.25. The number of nitrogens with zero attached hydrogens (tertiary/aromatic N) is 1. The van der Waals surface area contributed by atoms with Gasteiger partial charge in [-0.25, -0.2) is 9.59 Å². The number of urea groups is 1. The van der Waals surface area contributed by atoms with Crippen LogP contribution in [-0.2, 0) is 9.53 Å². The summed E-state index contributed by atoms with van der Waals surface area (Å²) in [5.41, 5.74) is 1.23. The van der Waals surface area contributed by atoms with Crippen molar-refractivity contribution >= 4 is 29.3 Å². The number of likely N-dealkylation sites (tertiary alicyclic amines) is 1. The van der Waals surface area contributed by atoms with Crippen molar-refractivity contribution in [2.24, 2.45) is 5.92 Å². The minimum Gasteiger partial charge on any atom is -0.506 e. The Bertz CT molecular complexity index is 907. The van der Waals surface area contributed by atoms with Crippen LogP contribution in [0, 0.1) is 5.92 Å². The van der Waals surface area contributed by atoms with E-state index in [9.17, 15) is 19.5 Å². The summed E-state index contributed by atoms with van der Waals surface area (Å²) in [6.45, 7) is 0.864. The first-order valence-electron chi connectivity index (χ1n) is 9.31. The molecule has 0 unspecified atom stereocenters. The van der Waals surface area contributed by atoms with Crippen molar-refractivity contribution in [2.75, 3.05) is 30.8 Å². The number of carbonyl (C=O) groups excluding carboxylic acids is 3. The number of hydrogen-bond donors (Lipinski definition) is 3. The fourth-order valence-electron chi connectivity index (χ4n) is 3.20. The summed E-state index contributed by atoms with van der Waals surface area (Å²) in [7, 11) is 1.30. The first kappa shape index (κ1) is 20.2. The Morgan fingerprint density at radius 2 is 1.76 bits per heavy atom. The van der Waals surface area contributed by atoms with Gasteiger partial charge in [0.1, 0.15) is 5.75 Å². The number of amides is 3. The molecule has 0 radical (unpaired) electrons. The van der Waals surface area contributed by atoms with Crippen LogP contribution in [-0.4, -0.2) is 48.1 Å². The zero-order valence-corrected chi connectivity index (χ0v) is 16.1. The Labute approximate surface area is 168 Å². The molecule has 1 aliphatic heterocycles. The highest BCUT2D eigenvalue weighted by atomic mass is 16.5. The normalized spacial score (nSPS) is 14.2. The van der Waals surface area contributed by atoms with Crippen LogP contribution >= 0.6 is 0 Å². The quantitative estimate of drug-likeness (QED) is 0.543. The molecule has 1 heterocycles. The Hall–Kier alpha value is -3.55. The number of esters is 1. The highest BCUT2D eigenvalue weighted by Gasteiger charge is 2.27. The summed E-state index contributed by atoms with van der Waals surface area (Å²) in [6, 6.07) is 12.8. The molecule has 29 heavy (non-hydrogen) atoms. The number of methoxy groups -OCH3 is 1. The van der Waals surface area contributed by atoms with Gasteiger partial charge in [0.2, 0.25) is 5.91 Å². The predicted molar refractivity (Wildman–Crippen MR) is 108 cm³/mol. The van der Waals surface area contributed by atoms with Crippen molar-refractivity contribution in [3.05, 3.63) is 54.1 Å². The molecule has 1 fully saturated rings. The number of benzene rings is 2. The summed E-state index contributed by atoms with van der Waals surface area (Å²) in [6.07, 6.45) is 1.05. The van der Waals surface area contributed by atoms with Crippen LogP contribution in [0.3, 0.4) is 0 Å². The smallest absolute Gasteiger partial charge is 0.337 e. The number of carbonyl (C=O) groups is 3. The van der Waals surface area contributed by atoms with Crippen LogP contribution in [0.1, 0.15) is 23.2 Å². The molecule has 3 amide bonds. The molecular formula is C21H23N3O5. The fourth-order valence-corrected chi connectivity index (χ4v) is 3.20. The zero-order chi connectivity index (χ0) is 20.8. The number of phenolic OH excluding ortho intramolecular Hbond substituents is 1. The lowest BCUT2D eigenvalue weighted by Crippen LogP contribution is -2.43. The number of anilines is 2. The van der Waals surface area contributed by atoms with E-state index in [1.807, 2.05) is 0 Å². The van der Waals surface area contributed by atoms with Crippen LogP contribution in [0.4, 0.5) is 16.2 Å². The first-order chi connectivity index (χ1) is 14.0. The van der Waals surface area contributed by atoms with Gasteiger partial charge in [-0.05, 0) is 43.2 Å². The second-order valence-corrected chi connectivity index (χ2v) is 6.77. The fraction of sp³-hybridized carbons (Fsp3) is 0.286. The maximum atomic E-state index is 12.5. The van der Waals surface area contributed by atoms with Gasteiger partial charge in [0, 0.05) is 24.7 Å². The van der Waals surface area contributed by atoms with Crippen LogP contribution in [0.25, 0.3) is 0 Å². The van der Waals surface area contributed by atoms with E-state index in [-0.39, 0.29) is 23.6 Å². The van der Waals surface area contributed by atoms with Crippen LogP contribution in [0.15, 0.2) is 48.5 Å². The molecule has 0 spiro atoms. The minimum absolute atomic E-state index is 0.0202. The van der Waals surface area contributed by atoms with Crippen LogP contribution in [0.5, 0.6) is 5.75 Å². The molecule has 152 valence electrons. The van der Waals surface area contributed by atoms with Gasteiger partial charge >= 0.3 is 12.0 Å². The molecule has 2 aromatic carbocycles. The van der Waals surface area contributed by atoms with E-state index in [2.05, 4.69) is 15.4 Å². The van der Waals surface area contributed by atoms with Gasteiger partial charge in [0.05, 0.1) is 18.4 Å². The minimum atomic E-state index is -0.475. The third-order valence-corrected chi connectivity index (χ3v) is 4.85. The molecule has 0 saturated carbocycles. The largest absolute Gasteiger partial charge is 0.506 e. The van der Waals surface area contributed by atoms with Crippen LogP contribution in [0.2, 0.25) is 0 Å². The molecule has 8 heteroatoms. The Kier molecular flexibility index (Phi) is 6.33. The second-order valence-electron chi connectivity index (χ2n) is 6.77. The van der Waals surface area contributed by atoms with E-state index < -0.39 is 5.97 Å². The van der Waals surface area contributed by atoms with Gasteiger partial charge in [-0.15, -0.1) is 0 Å². The summed E-state index contributed by atoms with van der Waals surface area (Å²) in [5, 5.41) is 15.3. The van der Waals surface area contributed by atoms with Gasteiger partial charge in [-0.2, -0.15) is 0 Å². The molecule has 1 saturated heterocycles. The average Bonchev–Trinajstić information content (AvgIpc) is 2.75. The molecule has 1 aliphatic rings. The van der Waals surface area contributed by atoms with Crippen molar-refractivity contribution in [1.29, 1.82) is 0 Å². The molecule has 0 aromatic heterocycles. The van der Waals surface area contributed by atoms with E-state index in [0.717, 1.165) is 0 Å². The summed E-state index contributed by atoms with van der Waals surface area (Å²) in [4.78, 5) is 38.2. The number of phenols is 1. The summed E-state index contributed by atoms with van der Waals surface area (Å²) < 4.78 is 4.68. The van der Waals surface area contributed by atoms with Crippen molar-refractivity contribution in [1.82, 2.24) is 4.90 Å². The molecular weight excluding hydrogens is 374 g/mol. The maximum Gasteiger partial charge on any atom is 0.337 e. The highest BCUT2D eigenvalue weighted by molar-refractivity contribution is 5.95. The zero-order valence-electron chi connectivity index (χ0n) is 16.1. The Balaban J connectivity index is 1.52. The van der Waals surface area contributed by atoms with E-state index in [4.69, 9.17) is 0 Å². The van der Waals surface area contributed by atoms with Crippen LogP contribution < -0.4 is 10.6 Å². The molecule has 0 aliphatic carbocycles. The van der Waals surface area contributed by atoms with E-state index in [0.29, 0.717) is 42.9 Å². The standard InChI is InChI=1S/C21H23N3O5/c1-29-20(27)15-5-4-6-16(13-15)22-21(28)24-11-9-14(10-12-24)19(26)23-17-7-2-3-8-18(17)25/h2-8,13-14,25H,9-12H2,1H3,(H,22,28)(H,23,26). The van der Waals surface area contributed by atoms with Crippen molar-refractivity contribution in [2.45, 2.75) is 12.8 Å². The number of nitrogens with one attached hydrogen (secondary N) is 2. The topological polar surface area (TPSA) is 108 Å². The molecule has 2 aromatic rings. The van der Waals surface area contributed by atoms with Gasteiger partial charge in [-0.1, -0.05) is 18.2 Å². The molecule has 3 N–H and O–H groups in total. The predicted octanol–water partition coefficient (Wildman–Crippen LogP) is 3.06. The van der Waals surface area contributed by atoms with Crippen molar-refractivity contribution < 1.29 is 24.2 Å². The number of ether oxygens (including phenoxy) is 1. The molecule has 0 atom stereocenters. The number of rotatable bonds is 4. The Morgan fingerprint density at radius 3 is 2.45 bits per heavy atom. The van der Waals surface area contributed by atoms with E-state index >= 15 is 0 Å². The van der Waals surface area contributed by atoms with Gasteiger partial charge < -0.3 is 25.4 Å². The monoisotopic (exact) mass is 397 g/mol. The molecule has 3 rings (SSSR count). The SMILES string of the molecule is COC(=O)c1cccc(NC(=O)N2CCC(C(=O)Nc3ccccc3O)CC2)c1. The first-order valence-corrected chi connectivity index (χ1v) is 9.31. The van der Waals surface area contributed by atoms with Gasteiger partial charge in [-0.3, -0.25) is 4.79 Å². The van der Waals surface area contributed by atoms with Gasteiger partial charge in [0.25, 0.3) is 0 Å². The molecule has 0 bridgehead atoms. The Morgan fingerprint density at radius 1 is 1.03 bits per heavy atom. The van der Waals surface area contributed by atoms with E-state index in [1.165, 1.54) is 13.2 Å². The van der Waals surface area contributed by atoms with Gasteiger partial charge in [0.15, 0.2) is 0 Å². The van der Waals surface area contributed by atoms with Crippen molar-refractivity contribution in [3.8, 4) is 5.75 Å². The lowest BCUT2D eigenvalue weighted by Gasteiger charge is -2.31. The number of piperidine rings is 1. The third-order valence-electron chi connectivity index (χ3n) is 4.85. The third kappa shape index (κ3) is 5.04. The summed E-state index contributed by atoms with van der Waals surface area (Å²) >= 11 is 0. The second kappa shape index (κ2) is 9.09. The molecule has 8 nitrogen and oxygen atoms in total. The lowest BCUT2D eigenvalue weighted by atomic mass is 9.96. The average molecular weight is 397 g/mol. The number of hydrogen-bond acceptors (Lipinski definition) is 5. The maximum absolute atomic E-state index is 12.5.